The van der Waals surface area contributed by atoms with Crippen molar-refractivity contribution in [2.75, 3.05) is 0 Å². The predicted molar refractivity (Wildman–Crippen MR) is 71.7 cm³/mol. The Hall–Kier alpha value is -0.330. The topological polar surface area (TPSA) is 17.1 Å². The lowest BCUT2D eigenvalue weighted by Crippen LogP contribution is -1.96. The van der Waals surface area contributed by atoms with Gasteiger partial charge in [0.05, 0.1) is 0 Å². The maximum atomic E-state index is 11.3. The van der Waals surface area contributed by atoms with Crippen LogP contribution in [-0.2, 0) is 4.79 Å². The SMILES string of the molecule is CCCC(=O)CCCCCCCCC(C)C. The second kappa shape index (κ2) is 11.2. The fraction of sp³-hybridized carbons (Fsp3) is 0.933. The smallest absolute Gasteiger partial charge is 0.132 e. The highest BCUT2D eigenvalue weighted by molar-refractivity contribution is 5.78. The Balaban J connectivity index is 3.07. The highest BCUT2D eigenvalue weighted by Gasteiger charge is 1.99. The van der Waals surface area contributed by atoms with E-state index in [1.807, 2.05) is 0 Å². The van der Waals surface area contributed by atoms with Gasteiger partial charge in [-0.05, 0) is 18.8 Å². The number of hydrogen-bond acceptors (Lipinski definition) is 1. The quantitative estimate of drug-likeness (QED) is 0.446. The van der Waals surface area contributed by atoms with Crippen LogP contribution < -0.4 is 0 Å². The lowest BCUT2D eigenvalue weighted by atomic mass is 10.0. The summed E-state index contributed by atoms with van der Waals surface area (Å²) in [6.45, 7) is 6.66. The van der Waals surface area contributed by atoms with Crippen LogP contribution in [0.1, 0.15) is 85.0 Å². The molecule has 0 aromatic carbocycles. The first kappa shape index (κ1) is 15.7. The van der Waals surface area contributed by atoms with Crippen molar-refractivity contribution in [3.8, 4) is 0 Å². The van der Waals surface area contributed by atoms with Gasteiger partial charge in [0.1, 0.15) is 5.78 Å². The molecule has 0 radical (unpaired) electrons. The molecule has 0 aliphatic carbocycles. The van der Waals surface area contributed by atoms with E-state index in [9.17, 15) is 4.79 Å². The summed E-state index contributed by atoms with van der Waals surface area (Å²) in [6.07, 6.45) is 11.8. The summed E-state index contributed by atoms with van der Waals surface area (Å²) in [6, 6.07) is 0. The van der Waals surface area contributed by atoms with Crippen LogP contribution in [0.15, 0.2) is 0 Å². The van der Waals surface area contributed by atoms with E-state index >= 15 is 0 Å². The van der Waals surface area contributed by atoms with Gasteiger partial charge in [-0.25, -0.2) is 0 Å². The van der Waals surface area contributed by atoms with Crippen LogP contribution in [-0.4, -0.2) is 5.78 Å². The fourth-order valence-electron chi connectivity index (χ4n) is 1.99. The lowest BCUT2D eigenvalue weighted by Gasteiger charge is -2.04. The number of rotatable bonds is 11. The number of hydrogen-bond donors (Lipinski definition) is 0. The molecule has 0 unspecified atom stereocenters. The molecule has 0 aliphatic rings. The molecule has 0 bridgehead atoms. The van der Waals surface area contributed by atoms with Gasteiger partial charge in [0, 0.05) is 12.8 Å². The zero-order chi connectivity index (χ0) is 12.2. The van der Waals surface area contributed by atoms with Gasteiger partial charge in [-0.15, -0.1) is 0 Å². The fourth-order valence-corrected chi connectivity index (χ4v) is 1.99. The molecular formula is C15H30O. The largest absolute Gasteiger partial charge is 0.300 e. The van der Waals surface area contributed by atoms with Crippen molar-refractivity contribution in [1.82, 2.24) is 0 Å². The summed E-state index contributed by atoms with van der Waals surface area (Å²) in [7, 11) is 0. The number of carbonyl (C=O) groups excluding carboxylic acids is 1. The maximum absolute atomic E-state index is 11.3. The van der Waals surface area contributed by atoms with Crippen molar-refractivity contribution in [2.45, 2.75) is 85.0 Å². The van der Waals surface area contributed by atoms with Crippen LogP contribution in [0.3, 0.4) is 0 Å². The molecule has 0 fully saturated rings. The van der Waals surface area contributed by atoms with Crippen LogP contribution in [0.2, 0.25) is 0 Å². The molecule has 1 heteroatoms. The molecule has 0 saturated heterocycles. The highest BCUT2D eigenvalue weighted by Crippen LogP contribution is 2.12. The standard InChI is InChI=1S/C15H30O/c1-4-11-15(16)13-10-8-6-5-7-9-12-14(2)3/h14H,4-13H2,1-3H3. The van der Waals surface area contributed by atoms with Crippen LogP contribution in [0.4, 0.5) is 0 Å². The second-order valence-corrected chi connectivity index (χ2v) is 5.34. The molecule has 0 aliphatic heterocycles. The molecule has 0 N–H and O–H groups in total. The number of Topliss-reactive ketones (excluding diaryl/α,β-unsaturated/α-hetero) is 1. The molecule has 0 rings (SSSR count). The Morgan fingerprint density at radius 3 is 2.00 bits per heavy atom. The normalized spacial score (nSPS) is 11.0. The van der Waals surface area contributed by atoms with Crippen molar-refractivity contribution in [2.24, 2.45) is 5.92 Å². The van der Waals surface area contributed by atoms with Gasteiger partial charge in [-0.2, -0.15) is 0 Å². The monoisotopic (exact) mass is 226 g/mol. The summed E-state index contributed by atoms with van der Waals surface area (Å²) < 4.78 is 0. The molecule has 0 saturated carbocycles. The molecule has 96 valence electrons. The molecule has 0 spiro atoms. The van der Waals surface area contributed by atoms with E-state index in [4.69, 9.17) is 0 Å². The van der Waals surface area contributed by atoms with Crippen LogP contribution in [0.5, 0.6) is 0 Å². The van der Waals surface area contributed by atoms with Gasteiger partial charge >= 0.3 is 0 Å². The number of carbonyl (C=O) groups is 1. The molecule has 16 heavy (non-hydrogen) atoms. The van der Waals surface area contributed by atoms with Crippen LogP contribution in [0.25, 0.3) is 0 Å². The van der Waals surface area contributed by atoms with Crippen molar-refractivity contribution in [1.29, 1.82) is 0 Å². The zero-order valence-electron chi connectivity index (χ0n) is 11.6. The van der Waals surface area contributed by atoms with Gasteiger partial charge in [-0.3, -0.25) is 4.79 Å². The minimum absolute atomic E-state index is 0.460. The van der Waals surface area contributed by atoms with Gasteiger partial charge in [0.2, 0.25) is 0 Å². The minimum Gasteiger partial charge on any atom is -0.300 e. The highest BCUT2D eigenvalue weighted by atomic mass is 16.1. The van der Waals surface area contributed by atoms with Gasteiger partial charge in [0.25, 0.3) is 0 Å². The van der Waals surface area contributed by atoms with Crippen molar-refractivity contribution in [3.63, 3.8) is 0 Å². The maximum Gasteiger partial charge on any atom is 0.132 e. The molecule has 0 aromatic rings. The van der Waals surface area contributed by atoms with E-state index in [1.54, 1.807) is 0 Å². The first-order valence-electron chi connectivity index (χ1n) is 7.18. The van der Waals surface area contributed by atoms with Crippen LogP contribution >= 0.6 is 0 Å². The van der Waals surface area contributed by atoms with Gasteiger partial charge in [-0.1, -0.05) is 59.3 Å². The van der Waals surface area contributed by atoms with Gasteiger partial charge in [0.15, 0.2) is 0 Å². The van der Waals surface area contributed by atoms with E-state index in [1.165, 1.54) is 38.5 Å². The Labute approximate surface area is 102 Å². The van der Waals surface area contributed by atoms with Gasteiger partial charge < -0.3 is 0 Å². The second-order valence-electron chi connectivity index (χ2n) is 5.34. The Morgan fingerprint density at radius 1 is 0.875 bits per heavy atom. The molecule has 0 heterocycles. The zero-order valence-corrected chi connectivity index (χ0v) is 11.6. The molecule has 1 nitrogen and oxygen atoms in total. The van der Waals surface area contributed by atoms with E-state index in [0.717, 1.165) is 31.6 Å². The average molecular weight is 226 g/mol. The Morgan fingerprint density at radius 2 is 1.44 bits per heavy atom. The van der Waals surface area contributed by atoms with Crippen molar-refractivity contribution in [3.05, 3.63) is 0 Å². The average Bonchev–Trinajstić information content (AvgIpc) is 2.22. The van der Waals surface area contributed by atoms with E-state index in [-0.39, 0.29) is 0 Å². The lowest BCUT2D eigenvalue weighted by molar-refractivity contribution is -0.119. The Bertz CT molecular complexity index is 161. The summed E-state index contributed by atoms with van der Waals surface area (Å²) in [5, 5.41) is 0. The summed E-state index contributed by atoms with van der Waals surface area (Å²) >= 11 is 0. The summed E-state index contributed by atoms with van der Waals surface area (Å²) in [5.74, 6) is 1.31. The van der Waals surface area contributed by atoms with Crippen molar-refractivity contribution < 1.29 is 4.79 Å². The third-order valence-electron chi connectivity index (χ3n) is 3.02. The molecule has 0 aromatic heterocycles. The van der Waals surface area contributed by atoms with E-state index < -0.39 is 0 Å². The van der Waals surface area contributed by atoms with Crippen molar-refractivity contribution >= 4 is 5.78 Å². The Kier molecular flexibility index (Phi) is 10.9. The summed E-state index contributed by atoms with van der Waals surface area (Å²) in [4.78, 5) is 11.3. The molecule has 0 atom stereocenters. The third-order valence-corrected chi connectivity index (χ3v) is 3.02. The molecular weight excluding hydrogens is 196 g/mol. The predicted octanol–water partition coefficient (Wildman–Crippen LogP) is 5.13. The van der Waals surface area contributed by atoms with E-state index in [2.05, 4.69) is 20.8 Å². The number of ketones is 1. The number of unbranched alkanes of at least 4 members (excludes halogenated alkanes) is 5. The first-order valence-corrected chi connectivity index (χ1v) is 7.18. The van der Waals surface area contributed by atoms with E-state index in [0.29, 0.717) is 5.78 Å². The summed E-state index contributed by atoms with van der Waals surface area (Å²) in [5.41, 5.74) is 0. The first-order chi connectivity index (χ1) is 7.66. The third kappa shape index (κ3) is 11.7. The minimum atomic E-state index is 0.460. The van der Waals surface area contributed by atoms with Crippen LogP contribution in [0, 0.1) is 5.92 Å². The molecule has 0 amide bonds.